The first kappa shape index (κ1) is 13.1. The second kappa shape index (κ2) is 5.12. The van der Waals surface area contributed by atoms with E-state index in [1.165, 1.54) is 17.8 Å². The van der Waals surface area contributed by atoms with Gasteiger partial charge in [-0.1, -0.05) is 17.8 Å². The van der Waals surface area contributed by atoms with Crippen molar-refractivity contribution in [2.24, 2.45) is 12.8 Å². The van der Waals surface area contributed by atoms with E-state index in [-0.39, 0.29) is 11.9 Å². The molecule has 2 aromatic rings. The average Bonchev–Trinajstić information content (AvgIpc) is 2.57. The van der Waals surface area contributed by atoms with Crippen LogP contribution in [0.5, 0.6) is 0 Å². The van der Waals surface area contributed by atoms with Crippen molar-refractivity contribution in [1.29, 1.82) is 0 Å². The highest BCUT2D eigenvalue weighted by Crippen LogP contribution is 2.34. The fourth-order valence-electron chi connectivity index (χ4n) is 1.84. The number of benzene rings is 1. The van der Waals surface area contributed by atoms with Gasteiger partial charge in [-0.05, 0) is 32.0 Å². The van der Waals surface area contributed by atoms with E-state index in [2.05, 4.69) is 5.10 Å². The average molecular weight is 265 g/mol. The second-order valence-electron chi connectivity index (χ2n) is 4.29. The van der Waals surface area contributed by atoms with Gasteiger partial charge in [0.25, 0.3) is 0 Å². The van der Waals surface area contributed by atoms with Crippen molar-refractivity contribution < 1.29 is 4.39 Å². The first-order valence-corrected chi connectivity index (χ1v) is 6.53. The zero-order valence-corrected chi connectivity index (χ0v) is 11.5. The van der Waals surface area contributed by atoms with Crippen LogP contribution in [0.4, 0.5) is 4.39 Å². The van der Waals surface area contributed by atoms with Crippen LogP contribution >= 0.6 is 11.8 Å². The van der Waals surface area contributed by atoms with E-state index in [0.717, 1.165) is 15.6 Å². The quantitative estimate of drug-likeness (QED) is 0.927. The van der Waals surface area contributed by atoms with Crippen molar-refractivity contribution in [2.45, 2.75) is 29.8 Å². The maximum Gasteiger partial charge on any atom is 0.129 e. The third kappa shape index (κ3) is 2.57. The molecule has 5 heteroatoms. The Bertz CT molecular complexity index is 563. The van der Waals surface area contributed by atoms with Gasteiger partial charge in [0.1, 0.15) is 5.82 Å². The minimum absolute atomic E-state index is 0.256. The highest BCUT2D eigenvalue weighted by molar-refractivity contribution is 7.99. The highest BCUT2D eigenvalue weighted by Gasteiger charge is 2.14. The molecule has 0 amide bonds. The summed E-state index contributed by atoms with van der Waals surface area (Å²) in [5, 5.41) is 5.25. The third-order valence-corrected chi connectivity index (χ3v) is 3.81. The van der Waals surface area contributed by atoms with E-state index in [1.807, 2.05) is 26.1 Å². The summed E-state index contributed by atoms with van der Waals surface area (Å²) in [7, 11) is 1.88. The molecule has 2 N–H and O–H groups in total. The van der Waals surface area contributed by atoms with Gasteiger partial charge in [-0.3, -0.25) is 4.68 Å². The number of rotatable bonds is 3. The summed E-state index contributed by atoms with van der Waals surface area (Å²) in [5.41, 5.74) is 7.34. The van der Waals surface area contributed by atoms with Crippen molar-refractivity contribution in [3.8, 4) is 0 Å². The summed E-state index contributed by atoms with van der Waals surface area (Å²) in [6.45, 7) is 3.72. The van der Waals surface area contributed by atoms with E-state index in [0.29, 0.717) is 5.56 Å². The Hall–Kier alpha value is -1.33. The van der Waals surface area contributed by atoms with Crippen LogP contribution in [0.2, 0.25) is 0 Å². The minimum Gasteiger partial charge on any atom is -0.324 e. The summed E-state index contributed by atoms with van der Waals surface area (Å²) in [4.78, 5) is 0.841. The number of hydrogen-bond donors (Lipinski definition) is 1. The summed E-state index contributed by atoms with van der Waals surface area (Å²) in [5.74, 6) is -0.256. The predicted molar refractivity (Wildman–Crippen MR) is 71.1 cm³/mol. The molecule has 0 saturated carbocycles. The Morgan fingerprint density at radius 1 is 1.44 bits per heavy atom. The lowest BCUT2D eigenvalue weighted by Gasteiger charge is -2.13. The van der Waals surface area contributed by atoms with Crippen molar-refractivity contribution in [1.82, 2.24) is 9.78 Å². The molecule has 3 nitrogen and oxygen atoms in total. The topological polar surface area (TPSA) is 43.8 Å². The molecule has 0 unspecified atom stereocenters. The highest BCUT2D eigenvalue weighted by atomic mass is 32.2. The molecule has 0 spiro atoms. The van der Waals surface area contributed by atoms with Crippen molar-refractivity contribution in [3.05, 3.63) is 41.3 Å². The molecule has 1 atom stereocenters. The van der Waals surface area contributed by atoms with Crippen molar-refractivity contribution in [2.75, 3.05) is 0 Å². The van der Waals surface area contributed by atoms with E-state index in [4.69, 9.17) is 5.73 Å². The van der Waals surface area contributed by atoms with E-state index < -0.39 is 0 Å². The SMILES string of the molecule is Cc1cc(Sc2cccc(F)c2[C@H](C)N)n(C)n1. The Kier molecular flexibility index (Phi) is 3.73. The lowest BCUT2D eigenvalue weighted by Crippen LogP contribution is -2.09. The van der Waals surface area contributed by atoms with Gasteiger partial charge in [-0.15, -0.1) is 0 Å². The molecule has 1 heterocycles. The molecular formula is C13H16FN3S. The third-order valence-electron chi connectivity index (χ3n) is 2.64. The Morgan fingerprint density at radius 2 is 2.17 bits per heavy atom. The summed E-state index contributed by atoms with van der Waals surface area (Å²) >= 11 is 1.48. The lowest BCUT2D eigenvalue weighted by molar-refractivity contribution is 0.585. The zero-order chi connectivity index (χ0) is 13.3. The fraction of sp³-hybridized carbons (Fsp3) is 0.308. The van der Waals surface area contributed by atoms with Crippen LogP contribution in [-0.4, -0.2) is 9.78 Å². The number of nitrogens with zero attached hydrogens (tertiary/aromatic N) is 2. The van der Waals surface area contributed by atoms with Crippen molar-refractivity contribution in [3.63, 3.8) is 0 Å². The first-order valence-electron chi connectivity index (χ1n) is 5.71. The Balaban J connectivity index is 2.40. The molecule has 0 fully saturated rings. The second-order valence-corrected chi connectivity index (χ2v) is 5.35. The fourth-order valence-corrected chi connectivity index (χ4v) is 3.01. The van der Waals surface area contributed by atoms with Gasteiger partial charge in [0.05, 0.1) is 10.7 Å². The maximum atomic E-state index is 13.8. The molecule has 2 rings (SSSR count). The monoisotopic (exact) mass is 265 g/mol. The minimum atomic E-state index is -0.331. The number of nitrogens with two attached hydrogens (primary N) is 1. The van der Waals surface area contributed by atoms with Gasteiger partial charge in [0.15, 0.2) is 0 Å². The van der Waals surface area contributed by atoms with Gasteiger partial charge in [-0.25, -0.2) is 4.39 Å². The lowest BCUT2D eigenvalue weighted by atomic mass is 10.1. The van der Waals surface area contributed by atoms with Gasteiger partial charge in [0.2, 0.25) is 0 Å². The maximum absolute atomic E-state index is 13.8. The smallest absolute Gasteiger partial charge is 0.129 e. The molecule has 96 valence electrons. The largest absolute Gasteiger partial charge is 0.324 e. The zero-order valence-electron chi connectivity index (χ0n) is 10.6. The molecule has 1 aromatic heterocycles. The van der Waals surface area contributed by atoms with Crippen LogP contribution in [0.25, 0.3) is 0 Å². The van der Waals surface area contributed by atoms with Gasteiger partial charge in [-0.2, -0.15) is 5.10 Å². The molecular weight excluding hydrogens is 249 g/mol. The summed E-state index contributed by atoms with van der Waals surface area (Å²) in [6.07, 6.45) is 0. The molecule has 0 saturated heterocycles. The molecule has 0 aliphatic rings. The van der Waals surface area contributed by atoms with Crippen molar-refractivity contribution >= 4 is 11.8 Å². The number of aryl methyl sites for hydroxylation is 2. The first-order chi connectivity index (χ1) is 8.49. The van der Waals surface area contributed by atoms with E-state index in [9.17, 15) is 4.39 Å². The molecule has 18 heavy (non-hydrogen) atoms. The van der Waals surface area contributed by atoms with E-state index in [1.54, 1.807) is 17.7 Å². The number of aromatic nitrogens is 2. The molecule has 0 radical (unpaired) electrons. The predicted octanol–water partition coefficient (Wildman–Crippen LogP) is 3.04. The molecule has 1 aromatic carbocycles. The van der Waals surface area contributed by atoms with Crippen LogP contribution in [0.1, 0.15) is 24.2 Å². The summed E-state index contributed by atoms with van der Waals surface area (Å²) in [6, 6.07) is 6.67. The van der Waals surface area contributed by atoms with Gasteiger partial charge >= 0.3 is 0 Å². The van der Waals surface area contributed by atoms with Crippen LogP contribution in [0, 0.1) is 12.7 Å². The normalized spacial score (nSPS) is 12.7. The number of halogens is 1. The molecule has 0 aliphatic carbocycles. The van der Waals surface area contributed by atoms with Gasteiger partial charge in [0, 0.05) is 23.5 Å². The van der Waals surface area contributed by atoms with E-state index >= 15 is 0 Å². The number of hydrogen-bond acceptors (Lipinski definition) is 3. The Labute approximate surface area is 110 Å². The standard InChI is InChI=1S/C13H16FN3S/c1-8-7-12(17(3)16-8)18-11-6-4-5-10(14)13(11)9(2)15/h4-7,9H,15H2,1-3H3/t9-/m0/s1. The van der Waals surface area contributed by atoms with Crippen LogP contribution in [0.3, 0.4) is 0 Å². The van der Waals surface area contributed by atoms with Gasteiger partial charge < -0.3 is 5.73 Å². The summed E-state index contributed by atoms with van der Waals surface area (Å²) < 4.78 is 15.6. The Morgan fingerprint density at radius 3 is 2.72 bits per heavy atom. The van der Waals surface area contributed by atoms with Crippen LogP contribution < -0.4 is 5.73 Å². The van der Waals surface area contributed by atoms with Crippen LogP contribution in [0.15, 0.2) is 34.2 Å². The molecule has 0 aliphatic heterocycles. The van der Waals surface area contributed by atoms with Crippen LogP contribution in [-0.2, 0) is 7.05 Å². The molecule has 0 bridgehead atoms.